The number of hydrogen-bond donors (Lipinski definition) is 1. The number of benzene rings is 1. The summed E-state index contributed by atoms with van der Waals surface area (Å²) in [7, 11) is 0. The van der Waals surface area contributed by atoms with Gasteiger partial charge in [-0.3, -0.25) is 4.89 Å². The molecule has 2 N–H and O–H groups in total. The van der Waals surface area contributed by atoms with Gasteiger partial charge in [-0.1, -0.05) is 13.3 Å². The average molecular weight is 371 g/mol. The number of carbonyl (C=O) groups excluding carboxylic acids is 1. The Labute approximate surface area is 158 Å². The second-order valence-electron chi connectivity index (χ2n) is 7.90. The van der Waals surface area contributed by atoms with E-state index in [0.717, 1.165) is 28.7 Å². The summed E-state index contributed by atoms with van der Waals surface area (Å²) in [4.78, 5) is 22.6. The molecule has 3 aliphatic heterocycles. The number of rotatable bonds is 2. The zero-order valence-corrected chi connectivity index (χ0v) is 16.1. The molecule has 0 radical (unpaired) electrons. The molecule has 2 unspecified atom stereocenters. The van der Waals surface area contributed by atoms with Crippen molar-refractivity contribution in [2.45, 2.75) is 64.7 Å². The van der Waals surface area contributed by atoms with Crippen LogP contribution in [0, 0.1) is 0 Å². The minimum atomic E-state index is -0.540. The third-order valence-corrected chi connectivity index (χ3v) is 5.06. The zero-order valence-electron chi connectivity index (χ0n) is 16.1. The first-order valence-corrected chi connectivity index (χ1v) is 9.44. The standard InChI is InChI=1S/C21H25NO5/c1-5-6-12-10-15(23)26-27-20-16(12)19-13(7-8-21(3,4)25-19)18-17(20)14(22)9-11(2)24-18/h7-8,10-11,14H,5-6,9,22H2,1-4H3. The van der Waals surface area contributed by atoms with Crippen molar-refractivity contribution >= 4 is 17.6 Å². The van der Waals surface area contributed by atoms with Crippen LogP contribution in [0.5, 0.6) is 17.2 Å². The van der Waals surface area contributed by atoms with Crippen LogP contribution in [0.2, 0.25) is 0 Å². The van der Waals surface area contributed by atoms with E-state index in [1.807, 2.05) is 32.9 Å². The number of hydrogen-bond acceptors (Lipinski definition) is 6. The van der Waals surface area contributed by atoms with Crippen molar-refractivity contribution in [3.8, 4) is 17.2 Å². The molecule has 0 bridgehead atoms. The maximum atomic E-state index is 12.1. The summed E-state index contributed by atoms with van der Waals surface area (Å²) in [5.41, 5.74) is 9.10. The summed E-state index contributed by atoms with van der Waals surface area (Å²) >= 11 is 0. The van der Waals surface area contributed by atoms with Crippen molar-refractivity contribution in [1.29, 1.82) is 0 Å². The quantitative estimate of drug-likeness (QED) is 0.789. The molecule has 6 nitrogen and oxygen atoms in total. The molecular formula is C21H25NO5. The fourth-order valence-corrected chi connectivity index (χ4v) is 3.92. The van der Waals surface area contributed by atoms with E-state index in [4.69, 9.17) is 25.0 Å². The van der Waals surface area contributed by atoms with Gasteiger partial charge in [0.05, 0.1) is 22.8 Å². The molecule has 0 saturated heterocycles. The highest BCUT2D eigenvalue weighted by Gasteiger charge is 2.39. The van der Waals surface area contributed by atoms with Crippen LogP contribution < -0.4 is 20.1 Å². The first-order chi connectivity index (χ1) is 12.8. The minimum Gasteiger partial charge on any atom is -0.489 e. The van der Waals surface area contributed by atoms with Gasteiger partial charge < -0.3 is 15.2 Å². The Morgan fingerprint density at radius 3 is 2.74 bits per heavy atom. The van der Waals surface area contributed by atoms with Crippen LogP contribution in [-0.2, 0) is 9.68 Å². The molecule has 27 heavy (non-hydrogen) atoms. The highest BCUT2D eigenvalue weighted by molar-refractivity contribution is 5.96. The van der Waals surface area contributed by atoms with Gasteiger partial charge in [-0.2, -0.15) is 0 Å². The Hall–Kier alpha value is -2.47. The number of nitrogens with two attached hydrogens (primary N) is 1. The molecule has 0 saturated carbocycles. The lowest BCUT2D eigenvalue weighted by Gasteiger charge is -2.36. The molecule has 1 aromatic carbocycles. The Balaban J connectivity index is 2.06. The summed E-state index contributed by atoms with van der Waals surface area (Å²) in [6.07, 6.45) is 7.67. The van der Waals surface area contributed by atoms with Crippen LogP contribution in [0.15, 0.2) is 12.2 Å². The van der Waals surface area contributed by atoms with Crippen LogP contribution in [0.4, 0.5) is 0 Å². The monoisotopic (exact) mass is 371 g/mol. The molecule has 1 aromatic rings. The van der Waals surface area contributed by atoms with Crippen LogP contribution >= 0.6 is 0 Å². The lowest BCUT2D eigenvalue weighted by molar-refractivity contribution is -0.207. The molecule has 0 fully saturated rings. The molecule has 144 valence electrons. The van der Waals surface area contributed by atoms with E-state index in [-0.39, 0.29) is 12.1 Å². The molecule has 3 aliphatic rings. The smallest absolute Gasteiger partial charge is 0.379 e. The number of fused-ring (bicyclic) bond motifs is 6. The minimum absolute atomic E-state index is 0.0306. The fraction of sp³-hybridized carbons (Fsp3) is 0.476. The Morgan fingerprint density at radius 2 is 2.00 bits per heavy atom. The maximum absolute atomic E-state index is 12.1. The third-order valence-electron chi connectivity index (χ3n) is 5.06. The topological polar surface area (TPSA) is 80.0 Å². The molecule has 0 aromatic heterocycles. The number of ether oxygens (including phenoxy) is 2. The van der Waals surface area contributed by atoms with E-state index in [9.17, 15) is 4.79 Å². The van der Waals surface area contributed by atoms with E-state index < -0.39 is 11.6 Å². The van der Waals surface area contributed by atoms with Crippen LogP contribution in [0.25, 0.3) is 11.6 Å². The highest BCUT2D eigenvalue weighted by Crippen LogP contribution is 2.55. The highest BCUT2D eigenvalue weighted by atomic mass is 17.2. The number of carbonyl (C=O) groups is 1. The first kappa shape index (κ1) is 17.9. The van der Waals surface area contributed by atoms with Crippen LogP contribution in [0.1, 0.15) is 69.7 Å². The fourth-order valence-electron chi connectivity index (χ4n) is 3.92. The molecule has 4 rings (SSSR count). The third kappa shape index (κ3) is 2.98. The van der Waals surface area contributed by atoms with E-state index in [1.165, 1.54) is 6.08 Å². The van der Waals surface area contributed by atoms with Crippen molar-refractivity contribution in [3.05, 3.63) is 28.8 Å². The molecule has 0 spiro atoms. The molecule has 0 aliphatic carbocycles. The molecule has 0 amide bonds. The van der Waals surface area contributed by atoms with Crippen molar-refractivity contribution in [3.63, 3.8) is 0 Å². The van der Waals surface area contributed by atoms with E-state index in [2.05, 4.69) is 6.92 Å². The lowest BCUT2D eigenvalue weighted by Crippen LogP contribution is -2.32. The lowest BCUT2D eigenvalue weighted by atomic mass is 9.86. The Bertz CT molecular complexity index is 868. The SMILES string of the molecule is CCCC1=CC(=O)OOc2c1c1c(c3c2C(N)CC(C)O3)C=CC(C)(C)O1. The first-order valence-electron chi connectivity index (χ1n) is 9.44. The summed E-state index contributed by atoms with van der Waals surface area (Å²) in [6, 6.07) is -0.286. The molecule has 6 heteroatoms. The predicted octanol–water partition coefficient (Wildman–Crippen LogP) is 4.08. The van der Waals surface area contributed by atoms with Crippen molar-refractivity contribution in [2.75, 3.05) is 0 Å². The average Bonchev–Trinajstić information content (AvgIpc) is 2.73. The van der Waals surface area contributed by atoms with Gasteiger partial charge in [-0.05, 0) is 44.9 Å². The van der Waals surface area contributed by atoms with Gasteiger partial charge in [-0.25, -0.2) is 9.68 Å². The second-order valence-corrected chi connectivity index (χ2v) is 7.90. The molecule has 2 atom stereocenters. The van der Waals surface area contributed by atoms with Crippen molar-refractivity contribution in [1.82, 2.24) is 0 Å². The van der Waals surface area contributed by atoms with E-state index in [1.54, 1.807) is 0 Å². The van der Waals surface area contributed by atoms with E-state index >= 15 is 0 Å². The Kier molecular flexibility index (Phi) is 4.18. The van der Waals surface area contributed by atoms with E-state index in [0.29, 0.717) is 30.1 Å². The van der Waals surface area contributed by atoms with Gasteiger partial charge in [0.25, 0.3) is 0 Å². The summed E-state index contributed by atoms with van der Waals surface area (Å²) in [6.45, 7) is 8.01. The molecular weight excluding hydrogens is 346 g/mol. The van der Waals surface area contributed by atoms with Gasteiger partial charge in [0, 0.05) is 18.5 Å². The normalized spacial score (nSPS) is 24.8. The van der Waals surface area contributed by atoms with Crippen molar-refractivity contribution < 1.29 is 24.0 Å². The zero-order chi connectivity index (χ0) is 19.3. The van der Waals surface area contributed by atoms with Gasteiger partial charge in [-0.15, -0.1) is 0 Å². The summed E-state index contributed by atoms with van der Waals surface area (Å²) in [5, 5.41) is 0. The molecule has 3 heterocycles. The predicted molar refractivity (Wildman–Crippen MR) is 101 cm³/mol. The number of allylic oxidation sites excluding steroid dienone is 1. The van der Waals surface area contributed by atoms with Crippen LogP contribution in [0.3, 0.4) is 0 Å². The summed E-state index contributed by atoms with van der Waals surface area (Å²) < 4.78 is 12.5. The van der Waals surface area contributed by atoms with Gasteiger partial charge >= 0.3 is 5.97 Å². The van der Waals surface area contributed by atoms with Crippen LogP contribution in [-0.4, -0.2) is 17.7 Å². The summed E-state index contributed by atoms with van der Waals surface area (Å²) in [5.74, 6) is 1.19. The van der Waals surface area contributed by atoms with Gasteiger partial charge in [0.2, 0.25) is 0 Å². The van der Waals surface area contributed by atoms with Gasteiger partial charge in [0.1, 0.15) is 17.1 Å². The van der Waals surface area contributed by atoms with Gasteiger partial charge in [0.15, 0.2) is 5.75 Å². The van der Waals surface area contributed by atoms with Crippen molar-refractivity contribution in [2.24, 2.45) is 5.73 Å². The largest absolute Gasteiger partial charge is 0.489 e. The second kappa shape index (κ2) is 6.30. The Morgan fingerprint density at radius 1 is 1.22 bits per heavy atom. The maximum Gasteiger partial charge on any atom is 0.379 e.